The molecule has 58 heavy (non-hydrogen) atoms. The Morgan fingerprint density at radius 3 is 1.47 bits per heavy atom. The third-order valence-corrected chi connectivity index (χ3v) is 10.5. The first-order valence-corrected chi connectivity index (χ1v) is 24.2. The summed E-state index contributed by atoms with van der Waals surface area (Å²) in [5, 5.41) is 8.89. The van der Waals surface area contributed by atoms with Gasteiger partial charge in [0.05, 0.1) is 13.2 Å². The Kier molecular flexibility index (Phi) is 39.4. The lowest BCUT2D eigenvalue weighted by Crippen LogP contribution is -2.34. The van der Waals surface area contributed by atoms with Gasteiger partial charge in [-0.3, -0.25) is 23.4 Å². The van der Waals surface area contributed by atoms with Crippen LogP contribution >= 0.6 is 7.82 Å². The molecule has 0 rings (SSSR count). The van der Waals surface area contributed by atoms with Crippen molar-refractivity contribution in [2.75, 3.05) is 19.8 Å². The third kappa shape index (κ3) is 40.2. The molecule has 0 spiro atoms. The number of carbonyl (C=O) groups is 3. The molecule has 0 aliphatic carbocycles. The molecule has 0 aliphatic rings. The normalized spacial score (nSPS) is 14.1. The minimum absolute atomic E-state index is 0.151. The number of unbranched alkanes of at least 4 members (excludes halogenated alkanes) is 20. The van der Waals surface area contributed by atoms with Gasteiger partial charge in [0, 0.05) is 12.8 Å². The minimum Gasteiger partial charge on any atom is -0.480 e. The number of esters is 2. The molecule has 0 aromatic carbocycles. The van der Waals surface area contributed by atoms with Gasteiger partial charge in [0.25, 0.3) is 0 Å². The van der Waals surface area contributed by atoms with Crippen molar-refractivity contribution in [3.05, 3.63) is 48.6 Å². The largest absolute Gasteiger partial charge is 0.480 e. The molecule has 3 atom stereocenters. The second kappa shape index (κ2) is 41.2. The Labute approximate surface area is 352 Å². The number of phosphoric ester groups is 1. The minimum atomic E-state index is -4.72. The number of hydrogen-bond donors (Lipinski definition) is 3. The lowest BCUT2D eigenvalue weighted by molar-refractivity contribution is -0.161. The van der Waals surface area contributed by atoms with Crippen molar-refractivity contribution in [2.24, 2.45) is 5.73 Å². The first kappa shape index (κ1) is 55.4. The van der Waals surface area contributed by atoms with E-state index in [-0.39, 0.29) is 19.4 Å². The van der Waals surface area contributed by atoms with E-state index in [2.05, 4.69) is 67.0 Å². The average Bonchev–Trinajstić information content (AvgIpc) is 3.20. The molecule has 0 aromatic rings. The quantitative estimate of drug-likeness (QED) is 0.0231. The summed E-state index contributed by atoms with van der Waals surface area (Å²) >= 11 is 0. The topological polar surface area (TPSA) is 172 Å². The lowest BCUT2D eigenvalue weighted by atomic mass is 10.1. The summed E-state index contributed by atoms with van der Waals surface area (Å²) in [6.45, 7) is 2.68. The molecular formula is C46H82NO10P. The molecule has 0 amide bonds. The van der Waals surface area contributed by atoms with Crippen LogP contribution in [0.4, 0.5) is 0 Å². The number of nitrogens with two attached hydrogens (primary N) is 1. The van der Waals surface area contributed by atoms with Crippen LogP contribution in [-0.4, -0.2) is 59.9 Å². The number of hydrogen-bond acceptors (Lipinski definition) is 9. The van der Waals surface area contributed by atoms with Crippen LogP contribution in [0.3, 0.4) is 0 Å². The van der Waals surface area contributed by atoms with Crippen molar-refractivity contribution in [1.82, 2.24) is 0 Å². The first-order valence-electron chi connectivity index (χ1n) is 22.7. The Balaban J connectivity index is 4.35. The first-order chi connectivity index (χ1) is 28.1. The highest BCUT2D eigenvalue weighted by atomic mass is 31.2. The van der Waals surface area contributed by atoms with Gasteiger partial charge in [0.2, 0.25) is 0 Å². The van der Waals surface area contributed by atoms with Crippen LogP contribution in [0.2, 0.25) is 0 Å². The van der Waals surface area contributed by atoms with Crippen LogP contribution in [0.15, 0.2) is 48.6 Å². The molecule has 0 aliphatic heterocycles. The predicted molar refractivity (Wildman–Crippen MR) is 235 cm³/mol. The van der Waals surface area contributed by atoms with Crippen LogP contribution in [0.1, 0.15) is 194 Å². The van der Waals surface area contributed by atoms with E-state index in [1.807, 2.05) is 0 Å². The number of carbonyl (C=O) groups excluding carboxylic acids is 2. The van der Waals surface area contributed by atoms with Crippen molar-refractivity contribution in [3.63, 3.8) is 0 Å². The summed E-state index contributed by atoms with van der Waals surface area (Å²) in [7, 11) is -4.72. The van der Waals surface area contributed by atoms with Gasteiger partial charge in [-0.05, 0) is 70.6 Å². The van der Waals surface area contributed by atoms with E-state index in [1.165, 1.54) is 70.6 Å². The van der Waals surface area contributed by atoms with Gasteiger partial charge in [-0.1, -0.05) is 159 Å². The zero-order valence-corrected chi connectivity index (χ0v) is 37.3. The van der Waals surface area contributed by atoms with E-state index in [0.29, 0.717) is 12.8 Å². The van der Waals surface area contributed by atoms with Gasteiger partial charge in [-0.25, -0.2) is 4.57 Å². The summed E-state index contributed by atoms with van der Waals surface area (Å²) in [6, 6.07) is -1.53. The number of ether oxygens (including phenoxy) is 2. The molecule has 336 valence electrons. The summed E-state index contributed by atoms with van der Waals surface area (Å²) in [6.07, 6.45) is 46.0. The van der Waals surface area contributed by atoms with Gasteiger partial charge in [-0.2, -0.15) is 0 Å². The molecule has 0 heterocycles. The van der Waals surface area contributed by atoms with Crippen LogP contribution in [-0.2, 0) is 37.5 Å². The molecule has 0 fully saturated rings. The maximum Gasteiger partial charge on any atom is 0.472 e. The Morgan fingerprint density at radius 2 is 0.966 bits per heavy atom. The van der Waals surface area contributed by atoms with Crippen LogP contribution < -0.4 is 5.73 Å². The average molecular weight is 840 g/mol. The lowest BCUT2D eigenvalue weighted by Gasteiger charge is -2.20. The molecule has 0 aromatic heterocycles. The fourth-order valence-corrected chi connectivity index (χ4v) is 6.79. The summed E-state index contributed by atoms with van der Waals surface area (Å²) in [4.78, 5) is 46.0. The molecule has 0 saturated carbocycles. The van der Waals surface area contributed by atoms with Gasteiger partial charge < -0.3 is 25.2 Å². The number of phosphoric acid groups is 1. The molecule has 4 N–H and O–H groups in total. The van der Waals surface area contributed by atoms with Gasteiger partial charge in [0.1, 0.15) is 12.6 Å². The molecule has 12 heteroatoms. The van der Waals surface area contributed by atoms with Crippen molar-refractivity contribution in [3.8, 4) is 0 Å². The van der Waals surface area contributed by atoms with Crippen LogP contribution in [0, 0.1) is 0 Å². The van der Waals surface area contributed by atoms with Gasteiger partial charge in [-0.15, -0.1) is 0 Å². The maximum atomic E-state index is 12.6. The van der Waals surface area contributed by atoms with Crippen LogP contribution in [0.25, 0.3) is 0 Å². The molecule has 0 bridgehead atoms. The molecular weight excluding hydrogens is 757 g/mol. The van der Waals surface area contributed by atoms with E-state index in [4.69, 9.17) is 24.8 Å². The second-order valence-electron chi connectivity index (χ2n) is 15.1. The van der Waals surface area contributed by atoms with Crippen molar-refractivity contribution in [1.29, 1.82) is 0 Å². The Morgan fingerprint density at radius 1 is 0.552 bits per heavy atom. The summed E-state index contributed by atoms with van der Waals surface area (Å²) in [5.41, 5.74) is 5.34. The molecule has 0 radical (unpaired) electrons. The second-order valence-corrected chi connectivity index (χ2v) is 16.6. The van der Waals surface area contributed by atoms with Crippen molar-refractivity contribution >= 4 is 25.7 Å². The van der Waals surface area contributed by atoms with Crippen LogP contribution in [0.5, 0.6) is 0 Å². The van der Waals surface area contributed by atoms with E-state index in [9.17, 15) is 23.8 Å². The zero-order valence-electron chi connectivity index (χ0n) is 36.4. The van der Waals surface area contributed by atoms with E-state index < -0.39 is 51.1 Å². The fourth-order valence-electron chi connectivity index (χ4n) is 6.02. The maximum absolute atomic E-state index is 12.6. The number of carboxylic acids is 1. The highest BCUT2D eigenvalue weighted by Gasteiger charge is 2.28. The SMILES string of the molecule is CC/C=C\C/C=C\C/C=C\CCCCCCCC(=O)OC[C@H](COP(=O)(O)OC[C@H](N)C(=O)O)OC(=O)CCCCCCCCC/C=C\CCCCCCCCCC. The van der Waals surface area contributed by atoms with Crippen molar-refractivity contribution in [2.45, 2.75) is 206 Å². The summed E-state index contributed by atoms with van der Waals surface area (Å²) < 4.78 is 32.7. The van der Waals surface area contributed by atoms with Gasteiger partial charge in [0.15, 0.2) is 6.10 Å². The van der Waals surface area contributed by atoms with E-state index >= 15 is 0 Å². The Hall–Kier alpha value is -2.56. The van der Waals surface area contributed by atoms with Gasteiger partial charge >= 0.3 is 25.7 Å². The smallest absolute Gasteiger partial charge is 0.472 e. The predicted octanol–water partition coefficient (Wildman–Crippen LogP) is 12.2. The number of allylic oxidation sites excluding steroid dienone is 8. The third-order valence-electron chi connectivity index (χ3n) is 9.56. The number of rotatable bonds is 42. The molecule has 11 nitrogen and oxygen atoms in total. The Bertz CT molecular complexity index is 1170. The monoisotopic (exact) mass is 840 g/mol. The highest BCUT2D eigenvalue weighted by molar-refractivity contribution is 7.47. The molecule has 1 unspecified atom stereocenters. The van der Waals surface area contributed by atoms with Crippen molar-refractivity contribution < 1.29 is 47.5 Å². The molecule has 0 saturated heterocycles. The van der Waals surface area contributed by atoms with E-state index in [0.717, 1.165) is 83.5 Å². The number of aliphatic carboxylic acids is 1. The number of carboxylic acid groups (broad SMARTS) is 1. The van der Waals surface area contributed by atoms with E-state index in [1.54, 1.807) is 0 Å². The standard InChI is InChI=1S/C46H82NO10P/c1-3-5-7-9-11-13-15-17-19-20-21-22-24-26-28-30-32-34-36-38-45(49)57-42(40-55-58(52,53)56-41-43(47)46(50)51)39-54-44(48)37-35-33-31-29-27-25-23-18-16-14-12-10-8-6-4-2/h6,8,12,14,18,20-21,23,42-43H,3-5,7,9-11,13,15-17,19,22,24-41,47H2,1-2H3,(H,50,51)(H,52,53)/b8-6-,14-12-,21-20-,23-18-/t42-,43+/m1/s1. The zero-order chi connectivity index (χ0) is 42.8. The highest BCUT2D eigenvalue weighted by Crippen LogP contribution is 2.43. The fraction of sp³-hybridized carbons (Fsp3) is 0.761. The summed E-state index contributed by atoms with van der Waals surface area (Å²) in [5.74, 6) is -2.41.